The van der Waals surface area contributed by atoms with E-state index in [-0.39, 0.29) is 23.1 Å². The Bertz CT molecular complexity index is 1510. The molecule has 2 heterocycles. The van der Waals surface area contributed by atoms with Crippen LogP contribution in [0.25, 0.3) is 16.7 Å². The molecule has 0 saturated heterocycles. The van der Waals surface area contributed by atoms with Crippen molar-refractivity contribution in [1.29, 1.82) is 0 Å². The maximum Gasteiger partial charge on any atom is 0.338 e. The van der Waals surface area contributed by atoms with E-state index in [9.17, 15) is 14.4 Å². The number of methoxy groups -OCH3 is 2. The van der Waals surface area contributed by atoms with Gasteiger partial charge in [0.1, 0.15) is 5.75 Å². The molecule has 0 aliphatic heterocycles. The molecular weight excluding hydrogens is 446 g/mol. The van der Waals surface area contributed by atoms with Crippen LogP contribution in [0.3, 0.4) is 0 Å². The third-order valence-electron chi connectivity index (χ3n) is 5.22. The van der Waals surface area contributed by atoms with Crippen molar-refractivity contribution in [1.82, 2.24) is 14.1 Å². The number of pyridine rings is 1. The summed E-state index contributed by atoms with van der Waals surface area (Å²) in [6, 6.07) is 15.2. The average Bonchev–Trinajstić information content (AvgIpc) is 2.82. The van der Waals surface area contributed by atoms with Crippen LogP contribution in [-0.2, 0) is 11.3 Å². The Morgan fingerprint density at radius 2 is 1.82 bits per heavy atom. The Kier molecular flexibility index (Phi) is 6.02. The van der Waals surface area contributed by atoms with Gasteiger partial charge in [0.2, 0.25) is 0 Å². The second-order valence-corrected chi connectivity index (χ2v) is 7.71. The highest BCUT2D eigenvalue weighted by molar-refractivity contribution is 6.31. The highest BCUT2D eigenvalue weighted by Crippen LogP contribution is 2.22. The lowest BCUT2D eigenvalue weighted by atomic mass is 10.1. The predicted molar refractivity (Wildman–Crippen MR) is 125 cm³/mol. The van der Waals surface area contributed by atoms with Gasteiger partial charge in [-0.1, -0.05) is 35.9 Å². The number of carbonyl (C=O) groups is 1. The van der Waals surface area contributed by atoms with Gasteiger partial charge in [0.25, 0.3) is 5.56 Å². The van der Waals surface area contributed by atoms with Gasteiger partial charge in [-0.3, -0.25) is 9.36 Å². The van der Waals surface area contributed by atoms with Crippen LogP contribution >= 0.6 is 11.6 Å². The number of ether oxygens (including phenoxy) is 2. The van der Waals surface area contributed by atoms with E-state index in [1.54, 1.807) is 55.5 Å². The number of benzene rings is 2. The van der Waals surface area contributed by atoms with Gasteiger partial charge < -0.3 is 9.47 Å². The molecule has 168 valence electrons. The fourth-order valence-electron chi connectivity index (χ4n) is 3.65. The first-order valence-electron chi connectivity index (χ1n) is 9.99. The highest BCUT2D eigenvalue weighted by Gasteiger charge is 2.23. The molecule has 0 aliphatic carbocycles. The van der Waals surface area contributed by atoms with E-state index < -0.39 is 17.2 Å². The molecule has 9 heteroatoms. The van der Waals surface area contributed by atoms with Crippen molar-refractivity contribution in [3.8, 4) is 11.4 Å². The molecule has 0 saturated carbocycles. The maximum absolute atomic E-state index is 13.7. The summed E-state index contributed by atoms with van der Waals surface area (Å²) >= 11 is 6.29. The van der Waals surface area contributed by atoms with Crippen molar-refractivity contribution in [3.05, 3.63) is 97.3 Å². The Balaban J connectivity index is 2.16. The lowest BCUT2D eigenvalue weighted by Gasteiger charge is -2.16. The third-order valence-corrected chi connectivity index (χ3v) is 5.59. The molecule has 0 bridgehead atoms. The summed E-state index contributed by atoms with van der Waals surface area (Å²) in [5.41, 5.74) is 0.225. The second kappa shape index (κ2) is 8.91. The van der Waals surface area contributed by atoms with Gasteiger partial charge >= 0.3 is 11.7 Å². The number of aromatic nitrogens is 3. The number of aryl methyl sites for hydroxylation is 1. The Hall–Kier alpha value is -3.91. The largest absolute Gasteiger partial charge is 0.497 e. The number of halogens is 1. The molecule has 0 atom stereocenters. The first kappa shape index (κ1) is 22.3. The molecular formula is C24H20ClN3O5. The quantitative estimate of drug-likeness (QED) is 0.420. The van der Waals surface area contributed by atoms with Crippen molar-refractivity contribution in [3.63, 3.8) is 0 Å². The maximum atomic E-state index is 13.7. The zero-order chi connectivity index (χ0) is 23.7. The number of carbonyl (C=O) groups excluding carboxylic acids is 1. The SMILES string of the molecule is COC(=O)c1cc(C)nc2c1c(=O)n(Cc1ccccc1Cl)c(=O)n2-c1cccc(OC)c1. The zero-order valence-electron chi connectivity index (χ0n) is 18.2. The number of hydrogen-bond acceptors (Lipinski definition) is 6. The second-order valence-electron chi connectivity index (χ2n) is 7.30. The van der Waals surface area contributed by atoms with E-state index >= 15 is 0 Å². The molecule has 33 heavy (non-hydrogen) atoms. The van der Waals surface area contributed by atoms with Gasteiger partial charge in [0, 0.05) is 16.8 Å². The molecule has 0 aliphatic rings. The first-order valence-corrected chi connectivity index (χ1v) is 10.4. The number of hydrogen-bond donors (Lipinski definition) is 0. The van der Waals surface area contributed by atoms with Gasteiger partial charge in [-0.05, 0) is 36.8 Å². The standard InChI is InChI=1S/C24H20ClN3O5/c1-14-11-18(23(30)33-3)20-21(26-14)28(16-8-6-9-17(12-16)32-2)24(31)27(22(20)29)13-15-7-4-5-10-19(15)25/h4-12H,13H2,1-3H3. The van der Waals surface area contributed by atoms with E-state index in [1.807, 2.05) is 0 Å². The summed E-state index contributed by atoms with van der Waals surface area (Å²) < 4.78 is 12.5. The smallest absolute Gasteiger partial charge is 0.338 e. The normalized spacial score (nSPS) is 10.9. The minimum absolute atomic E-state index is 0.0227. The Morgan fingerprint density at radius 1 is 1.06 bits per heavy atom. The molecule has 0 amide bonds. The lowest BCUT2D eigenvalue weighted by Crippen LogP contribution is -2.41. The highest BCUT2D eigenvalue weighted by atomic mass is 35.5. The van der Waals surface area contributed by atoms with Gasteiger partial charge in [-0.2, -0.15) is 0 Å². The monoisotopic (exact) mass is 465 g/mol. The van der Waals surface area contributed by atoms with Crippen LogP contribution in [0.5, 0.6) is 5.75 Å². The van der Waals surface area contributed by atoms with Gasteiger partial charge in [-0.15, -0.1) is 0 Å². The summed E-state index contributed by atoms with van der Waals surface area (Å²) in [6.45, 7) is 1.58. The molecule has 2 aromatic carbocycles. The lowest BCUT2D eigenvalue weighted by molar-refractivity contribution is 0.0602. The molecule has 0 spiro atoms. The van der Waals surface area contributed by atoms with Crippen molar-refractivity contribution in [2.45, 2.75) is 13.5 Å². The number of fused-ring (bicyclic) bond motifs is 1. The molecule has 0 radical (unpaired) electrons. The Morgan fingerprint density at radius 3 is 2.52 bits per heavy atom. The van der Waals surface area contributed by atoms with Gasteiger partial charge in [0.05, 0.1) is 37.4 Å². The summed E-state index contributed by atoms with van der Waals surface area (Å²) in [7, 11) is 2.74. The number of rotatable bonds is 5. The molecule has 4 aromatic rings. The predicted octanol–water partition coefficient (Wildman–Crippen LogP) is 3.35. The van der Waals surface area contributed by atoms with Crippen LogP contribution in [-0.4, -0.2) is 34.3 Å². The molecule has 0 unspecified atom stereocenters. The van der Waals surface area contributed by atoms with E-state index in [0.717, 1.165) is 4.57 Å². The minimum atomic E-state index is -0.706. The van der Waals surface area contributed by atoms with Gasteiger partial charge in [-0.25, -0.2) is 19.1 Å². The van der Waals surface area contributed by atoms with E-state index in [4.69, 9.17) is 21.1 Å². The van der Waals surface area contributed by atoms with Crippen molar-refractivity contribution >= 4 is 28.6 Å². The molecule has 4 rings (SSSR count). The van der Waals surface area contributed by atoms with Crippen LogP contribution < -0.4 is 16.0 Å². The molecule has 0 N–H and O–H groups in total. The molecule has 8 nitrogen and oxygen atoms in total. The van der Waals surface area contributed by atoms with Crippen molar-refractivity contribution in [2.24, 2.45) is 0 Å². The van der Waals surface area contributed by atoms with Crippen LogP contribution in [0, 0.1) is 6.92 Å². The summed E-state index contributed by atoms with van der Waals surface area (Å²) in [6.07, 6.45) is 0. The fourth-order valence-corrected chi connectivity index (χ4v) is 3.85. The van der Waals surface area contributed by atoms with Crippen molar-refractivity contribution in [2.75, 3.05) is 14.2 Å². The Labute approximate surface area is 193 Å². The molecule has 0 fully saturated rings. The van der Waals surface area contributed by atoms with Crippen LogP contribution in [0.4, 0.5) is 0 Å². The van der Waals surface area contributed by atoms with E-state index in [1.165, 1.54) is 24.9 Å². The number of esters is 1. The average molecular weight is 466 g/mol. The fraction of sp³-hybridized carbons (Fsp3) is 0.167. The minimum Gasteiger partial charge on any atom is -0.497 e. The summed E-state index contributed by atoms with van der Waals surface area (Å²) in [4.78, 5) is 44.2. The molecule has 2 aromatic heterocycles. The zero-order valence-corrected chi connectivity index (χ0v) is 18.9. The summed E-state index contributed by atoms with van der Waals surface area (Å²) in [5.74, 6) is -0.194. The topological polar surface area (TPSA) is 92.4 Å². The van der Waals surface area contributed by atoms with Crippen LogP contribution in [0.15, 0.2) is 64.2 Å². The van der Waals surface area contributed by atoms with E-state index in [0.29, 0.717) is 27.7 Å². The third kappa shape index (κ3) is 4.01. The van der Waals surface area contributed by atoms with Crippen molar-refractivity contribution < 1.29 is 14.3 Å². The van der Waals surface area contributed by atoms with Gasteiger partial charge in [0.15, 0.2) is 5.65 Å². The van der Waals surface area contributed by atoms with E-state index in [2.05, 4.69) is 4.98 Å². The summed E-state index contributed by atoms with van der Waals surface area (Å²) in [5, 5.41) is 0.383. The van der Waals surface area contributed by atoms with Crippen LogP contribution in [0.1, 0.15) is 21.6 Å². The number of nitrogens with zero attached hydrogens (tertiary/aromatic N) is 3. The van der Waals surface area contributed by atoms with Crippen LogP contribution in [0.2, 0.25) is 5.02 Å². The first-order chi connectivity index (χ1) is 15.8.